The molecule has 1 aromatic rings. The molecule has 0 fully saturated rings. The van der Waals surface area contributed by atoms with Gasteiger partial charge in [0.05, 0.1) is 14.2 Å². The van der Waals surface area contributed by atoms with Crippen molar-refractivity contribution in [3.05, 3.63) is 23.8 Å². The maximum atomic E-state index is 9.40. The molecule has 0 aliphatic rings. The van der Waals surface area contributed by atoms with Gasteiger partial charge in [-0.05, 0) is 17.7 Å². The number of hydrogen-bond donors (Lipinski definition) is 2. The fraction of sp³-hybridized carbons (Fsp3) is 0.333. The summed E-state index contributed by atoms with van der Waals surface area (Å²) in [5, 5.41) is 9.40. The van der Waals surface area contributed by atoms with Crippen LogP contribution in [0.25, 0.3) is 0 Å². The van der Waals surface area contributed by atoms with Gasteiger partial charge in [0, 0.05) is 6.54 Å². The molecule has 0 saturated carbocycles. The molecule has 0 spiro atoms. The van der Waals surface area contributed by atoms with Crippen molar-refractivity contribution < 1.29 is 14.7 Å². The summed E-state index contributed by atoms with van der Waals surface area (Å²) in [6.45, 7) is 0.550. The second-order valence-corrected chi connectivity index (χ2v) is 2.53. The molecule has 2 N–H and O–H groups in total. The van der Waals surface area contributed by atoms with Gasteiger partial charge in [-0.3, -0.25) is 0 Å². The third-order valence-electron chi connectivity index (χ3n) is 1.66. The molecule has 0 saturated heterocycles. The standard InChI is InChI=1S/C9H13NO3/c1-12-9-4-3-7(5-8(9)11)6-10-13-2/h3-5,10-11H,6H2,1-2H3. The molecule has 0 amide bonds. The number of phenolic OH excluding ortho intramolecular Hbond substituents is 1. The van der Waals surface area contributed by atoms with E-state index in [1.165, 1.54) is 7.11 Å². The van der Waals surface area contributed by atoms with E-state index in [0.29, 0.717) is 12.3 Å². The summed E-state index contributed by atoms with van der Waals surface area (Å²) in [7, 11) is 3.06. The number of phenols is 1. The topological polar surface area (TPSA) is 50.7 Å². The minimum Gasteiger partial charge on any atom is -0.504 e. The predicted octanol–water partition coefficient (Wildman–Crippen LogP) is 1.05. The average molecular weight is 183 g/mol. The van der Waals surface area contributed by atoms with E-state index in [1.54, 1.807) is 19.2 Å². The van der Waals surface area contributed by atoms with E-state index in [4.69, 9.17) is 4.74 Å². The fourth-order valence-electron chi connectivity index (χ4n) is 1.00. The average Bonchev–Trinajstić information content (AvgIpc) is 2.15. The lowest BCUT2D eigenvalue weighted by molar-refractivity contribution is 0.0866. The molecule has 13 heavy (non-hydrogen) atoms. The van der Waals surface area contributed by atoms with Crippen molar-refractivity contribution in [2.75, 3.05) is 14.2 Å². The number of nitrogens with one attached hydrogen (secondary N) is 1. The monoisotopic (exact) mass is 183 g/mol. The van der Waals surface area contributed by atoms with Crippen molar-refractivity contribution in [3.8, 4) is 11.5 Å². The lowest BCUT2D eigenvalue weighted by Crippen LogP contribution is -2.10. The Kier molecular flexibility index (Phi) is 3.54. The van der Waals surface area contributed by atoms with Gasteiger partial charge in [0.15, 0.2) is 11.5 Å². The normalized spacial score (nSPS) is 10.0. The zero-order chi connectivity index (χ0) is 9.68. The summed E-state index contributed by atoms with van der Waals surface area (Å²) in [4.78, 5) is 4.68. The van der Waals surface area contributed by atoms with Crippen molar-refractivity contribution in [3.63, 3.8) is 0 Å². The third kappa shape index (κ3) is 2.61. The molecule has 0 unspecified atom stereocenters. The number of aromatic hydroxyl groups is 1. The van der Waals surface area contributed by atoms with E-state index in [9.17, 15) is 5.11 Å². The second kappa shape index (κ2) is 4.69. The highest BCUT2D eigenvalue weighted by molar-refractivity contribution is 5.41. The lowest BCUT2D eigenvalue weighted by Gasteiger charge is -2.06. The molecule has 1 aromatic carbocycles. The van der Waals surface area contributed by atoms with Crippen LogP contribution in [0.4, 0.5) is 0 Å². The van der Waals surface area contributed by atoms with Crippen molar-refractivity contribution in [1.82, 2.24) is 5.48 Å². The minimum absolute atomic E-state index is 0.137. The van der Waals surface area contributed by atoms with Crippen LogP contribution >= 0.6 is 0 Å². The first-order valence-corrected chi connectivity index (χ1v) is 3.89. The van der Waals surface area contributed by atoms with E-state index in [0.717, 1.165) is 5.56 Å². The largest absolute Gasteiger partial charge is 0.504 e. The van der Waals surface area contributed by atoms with E-state index in [-0.39, 0.29) is 5.75 Å². The van der Waals surface area contributed by atoms with Crippen LogP contribution in [0, 0.1) is 0 Å². The molecule has 0 radical (unpaired) electrons. The Hall–Kier alpha value is -1.26. The van der Waals surface area contributed by atoms with Gasteiger partial charge in [0.25, 0.3) is 0 Å². The highest BCUT2D eigenvalue weighted by Crippen LogP contribution is 2.25. The van der Waals surface area contributed by atoms with Gasteiger partial charge in [-0.15, -0.1) is 0 Å². The van der Waals surface area contributed by atoms with Crippen LogP contribution in [-0.4, -0.2) is 19.3 Å². The summed E-state index contributed by atoms with van der Waals surface area (Å²) in [5.41, 5.74) is 3.61. The van der Waals surface area contributed by atoms with Crippen molar-refractivity contribution in [2.45, 2.75) is 6.54 Å². The number of ether oxygens (including phenoxy) is 1. The van der Waals surface area contributed by atoms with Gasteiger partial charge in [-0.1, -0.05) is 6.07 Å². The van der Waals surface area contributed by atoms with Crippen molar-refractivity contribution in [1.29, 1.82) is 0 Å². The predicted molar refractivity (Wildman–Crippen MR) is 48.5 cm³/mol. The Bertz CT molecular complexity index is 276. The highest BCUT2D eigenvalue weighted by Gasteiger charge is 2.01. The third-order valence-corrected chi connectivity index (χ3v) is 1.66. The van der Waals surface area contributed by atoms with E-state index >= 15 is 0 Å². The van der Waals surface area contributed by atoms with E-state index < -0.39 is 0 Å². The Morgan fingerprint density at radius 1 is 1.38 bits per heavy atom. The summed E-state index contributed by atoms with van der Waals surface area (Å²) in [5.74, 6) is 0.610. The molecule has 0 aliphatic carbocycles. The van der Waals surface area contributed by atoms with Crippen LogP contribution in [0.2, 0.25) is 0 Å². The van der Waals surface area contributed by atoms with Crippen LogP contribution in [0.15, 0.2) is 18.2 Å². The molecule has 0 heterocycles. The molecule has 0 aromatic heterocycles. The molecule has 0 atom stereocenters. The number of benzene rings is 1. The fourth-order valence-corrected chi connectivity index (χ4v) is 1.00. The maximum absolute atomic E-state index is 9.40. The second-order valence-electron chi connectivity index (χ2n) is 2.53. The molecular formula is C9H13NO3. The first-order valence-electron chi connectivity index (χ1n) is 3.89. The summed E-state index contributed by atoms with van der Waals surface area (Å²) >= 11 is 0. The van der Waals surface area contributed by atoms with Gasteiger partial charge >= 0.3 is 0 Å². The molecule has 72 valence electrons. The van der Waals surface area contributed by atoms with Crippen LogP contribution in [0.3, 0.4) is 0 Å². The zero-order valence-corrected chi connectivity index (χ0v) is 7.70. The number of rotatable bonds is 4. The summed E-state index contributed by atoms with van der Waals surface area (Å²) in [6, 6.07) is 5.19. The quantitative estimate of drug-likeness (QED) is 0.685. The summed E-state index contributed by atoms with van der Waals surface area (Å²) in [6.07, 6.45) is 0. The summed E-state index contributed by atoms with van der Waals surface area (Å²) < 4.78 is 4.90. The SMILES string of the molecule is CONCc1ccc(OC)c(O)c1. The van der Waals surface area contributed by atoms with Crippen LogP contribution in [0.5, 0.6) is 11.5 Å². The number of hydrogen-bond acceptors (Lipinski definition) is 4. The van der Waals surface area contributed by atoms with Crippen molar-refractivity contribution >= 4 is 0 Å². The Morgan fingerprint density at radius 2 is 2.15 bits per heavy atom. The zero-order valence-electron chi connectivity index (χ0n) is 7.70. The van der Waals surface area contributed by atoms with Crippen LogP contribution in [0.1, 0.15) is 5.56 Å². The molecule has 1 rings (SSSR count). The van der Waals surface area contributed by atoms with Gasteiger partial charge < -0.3 is 14.7 Å². The van der Waals surface area contributed by atoms with Gasteiger partial charge in [-0.2, -0.15) is 5.48 Å². The molecule has 0 bridgehead atoms. The maximum Gasteiger partial charge on any atom is 0.160 e. The Balaban J connectivity index is 2.71. The molecule has 0 aliphatic heterocycles. The molecule has 4 heteroatoms. The van der Waals surface area contributed by atoms with Gasteiger partial charge in [0.2, 0.25) is 0 Å². The first kappa shape index (κ1) is 9.83. The van der Waals surface area contributed by atoms with E-state index in [2.05, 4.69) is 10.3 Å². The number of hydroxylamine groups is 1. The smallest absolute Gasteiger partial charge is 0.160 e. The van der Waals surface area contributed by atoms with Gasteiger partial charge in [0.1, 0.15) is 0 Å². The Morgan fingerprint density at radius 3 is 2.69 bits per heavy atom. The van der Waals surface area contributed by atoms with Crippen LogP contribution < -0.4 is 10.2 Å². The first-order chi connectivity index (χ1) is 6.27. The van der Waals surface area contributed by atoms with Gasteiger partial charge in [-0.25, -0.2) is 0 Å². The Labute approximate surface area is 77.1 Å². The highest BCUT2D eigenvalue weighted by atomic mass is 16.6. The van der Waals surface area contributed by atoms with Crippen LogP contribution in [-0.2, 0) is 11.4 Å². The minimum atomic E-state index is 0.137. The van der Waals surface area contributed by atoms with E-state index in [1.807, 2.05) is 6.07 Å². The molecule has 4 nitrogen and oxygen atoms in total. The lowest BCUT2D eigenvalue weighted by atomic mass is 10.2. The van der Waals surface area contributed by atoms with Crippen molar-refractivity contribution in [2.24, 2.45) is 0 Å². The number of methoxy groups -OCH3 is 1. The molecular weight excluding hydrogens is 170 g/mol.